The molecule has 0 bridgehead atoms. The highest BCUT2D eigenvalue weighted by atomic mass is 35.5. The Morgan fingerprint density at radius 1 is 1.38 bits per heavy atom. The Labute approximate surface area is 97.5 Å². The summed E-state index contributed by atoms with van der Waals surface area (Å²) in [5.41, 5.74) is 0.776. The molecule has 1 aromatic carbocycles. The van der Waals surface area contributed by atoms with E-state index >= 15 is 0 Å². The zero-order valence-electron chi connectivity index (χ0n) is 8.39. The molecule has 1 amide bonds. The van der Waals surface area contributed by atoms with Gasteiger partial charge in [-0.3, -0.25) is 4.79 Å². The topological polar surface area (TPSA) is 49.7 Å². The summed E-state index contributed by atoms with van der Waals surface area (Å²) in [5.74, 6) is -0.0358. The third-order valence-corrected chi connectivity index (χ3v) is 2.73. The molecule has 4 nitrogen and oxygen atoms in total. The van der Waals surface area contributed by atoms with Gasteiger partial charge in [-0.1, -0.05) is 11.6 Å². The number of benzene rings is 1. The molecule has 82 valence electrons. The minimum Gasteiger partial charge on any atom is -0.310 e. The van der Waals surface area contributed by atoms with Crippen LogP contribution in [0.2, 0.25) is 5.02 Å². The normalized spacial score (nSPS) is 19.7. The number of rotatable bonds is 2. The second-order valence-corrected chi connectivity index (χ2v) is 4.00. The molecule has 2 rings (SSSR count). The first kappa shape index (κ1) is 10.9. The van der Waals surface area contributed by atoms with E-state index in [2.05, 4.69) is 4.99 Å². The molecule has 1 fully saturated rings. The number of carbonyl (C=O) groups excluding carboxylic acids is 2. The summed E-state index contributed by atoms with van der Waals surface area (Å²) in [6, 6.07) is 6.71. The Hall–Kier alpha value is -1.64. The summed E-state index contributed by atoms with van der Waals surface area (Å²) in [6.45, 7) is 0.426. The molecule has 1 aliphatic rings. The van der Waals surface area contributed by atoms with Crippen LogP contribution in [0.25, 0.3) is 0 Å². The van der Waals surface area contributed by atoms with Crippen LogP contribution in [0.5, 0.6) is 0 Å². The standard InChI is InChI=1S/C11H9ClN2O2/c12-8-1-3-10(4-2-8)14-6-9(13-7-15)5-11(14)16/h1-4,9H,5-6H2. The maximum atomic E-state index is 11.6. The number of amides is 1. The van der Waals surface area contributed by atoms with E-state index in [0.29, 0.717) is 11.6 Å². The van der Waals surface area contributed by atoms with Crippen molar-refractivity contribution in [2.75, 3.05) is 11.4 Å². The fourth-order valence-electron chi connectivity index (χ4n) is 1.72. The molecule has 0 N–H and O–H groups in total. The predicted molar refractivity (Wildman–Crippen MR) is 60.3 cm³/mol. The molecule has 0 radical (unpaired) electrons. The van der Waals surface area contributed by atoms with E-state index in [-0.39, 0.29) is 18.4 Å². The smallest absolute Gasteiger partial charge is 0.235 e. The first-order valence-corrected chi connectivity index (χ1v) is 5.21. The van der Waals surface area contributed by atoms with Gasteiger partial charge in [0.05, 0.1) is 12.5 Å². The third kappa shape index (κ3) is 2.13. The van der Waals surface area contributed by atoms with Crippen molar-refractivity contribution in [3.8, 4) is 0 Å². The summed E-state index contributed by atoms with van der Waals surface area (Å²) >= 11 is 5.76. The molecule has 16 heavy (non-hydrogen) atoms. The van der Waals surface area contributed by atoms with Crippen molar-refractivity contribution in [3.63, 3.8) is 0 Å². The summed E-state index contributed by atoms with van der Waals surface area (Å²) in [7, 11) is 0. The van der Waals surface area contributed by atoms with E-state index in [1.807, 2.05) is 0 Å². The van der Waals surface area contributed by atoms with Gasteiger partial charge in [0.15, 0.2) is 0 Å². The fraction of sp³-hybridized carbons (Fsp3) is 0.273. The van der Waals surface area contributed by atoms with Crippen molar-refractivity contribution in [1.82, 2.24) is 0 Å². The Morgan fingerprint density at radius 3 is 2.69 bits per heavy atom. The number of aliphatic imine (C=N–C) groups is 1. The molecule has 0 saturated carbocycles. The van der Waals surface area contributed by atoms with E-state index in [1.54, 1.807) is 29.2 Å². The highest BCUT2D eigenvalue weighted by Crippen LogP contribution is 2.24. The van der Waals surface area contributed by atoms with Gasteiger partial charge >= 0.3 is 0 Å². The number of nitrogens with zero attached hydrogens (tertiary/aromatic N) is 2. The number of anilines is 1. The third-order valence-electron chi connectivity index (χ3n) is 2.48. The van der Waals surface area contributed by atoms with Crippen molar-refractivity contribution in [3.05, 3.63) is 29.3 Å². The second-order valence-electron chi connectivity index (χ2n) is 3.56. The van der Waals surface area contributed by atoms with E-state index in [9.17, 15) is 9.59 Å². The molecule has 1 atom stereocenters. The lowest BCUT2D eigenvalue weighted by molar-refractivity contribution is -0.117. The van der Waals surface area contributed by atoms with E-state index in [0.717, 1.165) is 5.69 Å². The van der Waals surface area contributed by atoms with Crippen LogP contribution in [0, 0.1) is 0 Å². The monoisotopic (exact) mass is 236 g/mol. The van der Waals surface area contributed by atoms with Crippen molar-refractivity contribution >= 4 is 29.3 Å². The van der Waals surface area contributed by atoms with E-state index < -0.39 is 0 Å². The van der Waals surface area contributed by atoms with Crippen molar-refractivity contribution < 1.29 is 9.59 Å². The summed E-state index contributed by atoms with van der Waals surface area (Å²) in [4.78, 5) is 26.9. The number of carbonyl (C=O) groups is 1. The first-order chi connectivity index (χ1) is 7.70. The number of halogens is 1. The van der Waals surface area contributed by atoms with Crippen LogP contribution in [0.15, 0.2) is 29.3 Å². The highest BCUT2D eigenvalue weighted by molar-refractivity contribution is 6.30. The molecule has 1 aromatic rings. The molecule has 1 aliphatic heterocycles. The van der Waals surface area contributed by atoms with Crippen molar-refractivity contribution in [2.45, 2.75) is 12.5 Å². The number of hydrogen-bond acceptors (Lipinski definition) is 3. The van der Waals surface area contributed by atoms with Gasteiger partial charge in [0.25, 0.3) is 0 Å². The first-order valence-electron chi connectivity index (χ1n) is 4.83. The Kier molecular flexibility index (Phi) is 3.04. The van der Waals surface area contributed by atoms with Gasteiger partial charge in [-0.15, -0.1) is 0 Å². The average Bonchev–Trinajstić information content (AvgIpc) is 2.61. The molecule has 0 aliphatic carbocycles. The van der Waals surface area contributed by atoms with Crippen LogP contribution >= 0.6 is 11.6 Å². The molecule has 5 heteroatoms. The van der Waals surface area contributed by atoms with E-state index in [1.165, 1.54) is 6.08 Å². The van der Waals surface area contributed by atoms with Crippen LogP contribution in [0.1, 0.15) is 6.42 Å². The molecular formula is C11H9ClN2O2. The average molecular weight is 237 g/mol. The largest absolute Gasteiger partial charge is 0.310 e. The quantitative estimate of drug-likeness (QED) is 0.581. The summed E-state index contributed by atoms with van der Waals surface area (Å²) in [6.07, 6.45) is 1.75. The maximum absolute atomic E-state index is 11.6. The Morgan fingerprint density at radius 2 is 2.06 bits per heavy atom. The van der Waals surface area contributed by atoms with Crippen LogP contribution in [0.4, 0.5) is 5.69 Å². The summed E-state index contributed by atoms with van der Waals surface area (Å²) < 4.78 is 0. The Balaban J connectivity index is 2.19. The van der Waals surface area contributed by atoms with Crippen molar-refractivity contribution in [1.29, 1.82) is 0 Å². The molecular weight excluding hydrogens is 228 g/mol. The lowest BCUT2D eigenvalue weighted by Crippen LogP contribution is -2.24. The zero-order chi connectivity index (χ0) is 11.5. The van der Waals surface area contributed by atoms with Gasteiger partial charge in [-0.2, -0.15) is 0 Å². The van der Waals surface area contributed by atoms with Gasteiger partial charge in [-0.25, -0.2) is 9.79 Å². The lowest BCUT2D eigenvalue weighted by atomic mass is 10.3. The molecule has 0 aromatic heterocycles. The minimum absolute atomic E-state index is 0.0358. The molecule has 1 unspecified atom stereocenters. The Bertz CT molecular complexity index is 452. The summed E-state index contributed by atoms with van der Waals surface area (Å²) in [5, 5.41) is 0.623. The van der Waals surface area contributed by atoms with Crippen LogP contribution in [0.3, 0.4) is 0 Å². The zero-order valence-corrected chi connectivity index (χ0v) is 9.15. The molecule has 1 saturated heterocycles. The fourth-order valence-corrected chi connectivity index (χ4v) is 1.85. The van der Waals surface area contributed by atoms with Gasteiger partial charge in [-0.05, 0) is 24.3 Å². The van der Waals surface area contributed by atoms with Crippen LogP contribution in [-0.2, 0) is 9.59 Å². The van der Waals surface area contributed by atoms with Gasteiger partial charge < -0.3 is 4.90 Å². The number of hydrogen-bond donors (Lipinski definition) is 0. The predicted octanol–water partition coefficient (Wildman–Crippen LogP) is 1.78. The highest BCUT2D eigenvalue weighted by Gasteiger charge is 2.30. The van der Waals surface area contributed by atoms with Crippen LogP contribution in [-0.4, -0.2) is 24.6 Å². The SMILES string of the molecule is O=C=NC1CC(=O)N(c2ccc(Cl)cc2)C1. The molecule has 0 spiro atoms. The second kappa shape index (κ2) is 4.47. The molecule has 1 heterocycles. The van der Waals surface area contributed by atoms with Gasteiger partial charge in [0.1, 0.15) is 0 Å². The van der Waals surface area contributed by atoms with Crippen LogP contribution < -0.4 is 4.90 Å². The lowest BCUT2D eigenvalue weighted by Gasteiger charge is -2.15. The minimum atomic E-state index is -0.277. The number of isocyanates is 1. The van der Waals surface area contributed by atoms with Gasteiger partial charge in [0.2, 0.25) is 12.0 Å². The maximum Gasteiger partial charge on any atom is 0.235 e. The van der Waals surface area contributed by atoms with Gasteiger partial charge in [0, 0.05) is 17.3 Å². The van der Waals surface area contributed by atoms with E-state index in [4.69, 9.17) is 11.6 Å². The van der Waals surface area contributed by atoms with Crippen molar-refractivity contribution in [2.24, 2.45) is 4.99 Å².